The van der Waals surface area contributed by atoms with Crippen LogP contribution in [0.2, 0.25) is 0 Å². The molecule has 2 atom stereocenters. The number of carbonyl (C=O) groups excluding carboxylic acids is 2. The van der Waals surface area contributed by atoms with Crippen LogP contribution >= 0.6 is 0 Å². The zero-order valence-electron chi connectivity index (χ0n) is 24.2. The summed E-state index contributed by atoms with van der Waals surface area (Å²) in [6, 6.07) is 23.6. The van der Waals surface area contributed by atoms with Gasteiger partial charge in [-0.05, 0) is 69.9 Å². The predicted octanol–water partition coefficient (Wildman–Crippen LogP) is 5.79. The van der Waals surface area contributed by atoms with Gasteiger partial charge in [0.05, 0.1) is 31.0 Å². The van der Waals surface area contributed by atoms with E-state index in [1.807, 2.05) is 19.9 Å². The number of rotatable bonds is 10. The minimum atomic E-state index is -0.620. The highest BCUT2D eigenvalue weighted by Gasteiger charge is 2.42. The number of hydrogen-bond donors (Lipinski definition) is 0. The third kappa shape index (κ3) is 5.77. The fraction of sp³-hybridized carbons (Fsp3) is 0.382. The molecule has 2 aliphatic rings. The maximum absolute atomic E-state index is 12.9. The molecule has 5 rings (SSSR count). The molecule has 0 radical (unpaired) electrons. The second-order valence-electron chi connectivity index (χ2n) is 11.1. The predicted molar refractivity (Wildman–Crippen MR) is 159 cm³/mol. The Hall–Kier alpha value is -3.97. The first-order chi connectivity index (χ1) is 20.0. The van der Waals surface area contributed by atoms with Crippen molar-refractivity contribution in [3.05, 3.63) is 107 Å². The van der Waals surface area contributed by atoms with Crippen molar-refractivity contribution >= 4 is 18.1 Å². The summed E-state index contributed by atoms with van der Waals surface area (Å²) in [6.45, 7) is 7.12. The third-order valence-electron chi connectivity index (χ3n) is 8.82. The molecule has 1 aromatic heterocycles. The lowest BCUT2D eigenvalue weighted by Gasteiger charge is -2.43. The lowest BCUT2D eigenvalue weighted by atomic mass is 9.68. The van der Waals surface area contributed by atoms with Crippen molar-refractivity contribution in [2.45, 2.75) is 44.4 Å². The van der Waals surface area contributed by atoms with E-state index in [0.29, 0.717) is 12.3 Å². The van der Waals surface area contributed by atoms with Crippen LogP contribution < -0.4 is 0 Å². The second kappa shape index (κ2) is 12.7. The van der Waals surface area contributed by atoms with Gasteiger partial charge in [0, 0.05) is 29.2 Å². The van der Waals surface area contributed by atoms with Crippen molar-refractivity contribution in [2.24, 2.45) is 10.9 Å². The average Bonchev–Trinajstić information content (AvgIpc) is 3.55. The Morgan fingerprint density at radius 3 is 2.22 bits per heavy atom. The van der Waals surface area contributed by atoms with Gasteiger partial charge in [0.2, 0.25) is 6.41 Å². The number of benzene rings is 2. The van der Waals surface area contributed by atoms with Crippen LogP contribution in [-0.2, 0) is 19.7 Å². The molecular formula is C34H39N3O4. The quantitative estimate of drug-likeness (QED) is 0.235. The van der Waals surface area contributed by atoms with Gasteiger partial charge in [0.25, 0.3) is 0 Å². The van der Waals surface area contributed by atoms with Crippen molar-refractivity contribution in [1.82, 2.24) is 9.80 Å². The molecule has 1 fully saturated rings. The summed E-state index contributed by atoms with van der Waals surface area (Å²) in [5, 5.41) is 0. The molecule has 0 spiro atoms. The lowest BCUT2D eigenvalue weighted by molar-refractivity contribution is -0.143. The van der Waals surface area contributed by atoms with Crippen molar-refractivity contribution in [3.8, 4) is 0 Å². The minimum absolute atomic E-state index is 0.00838. The van der Waals surface area contributed by atoms with E-state index in [4.69, 9.17) is 9.15 Å². The van der Waals surface area contributed by atoms with Crippen LogP contribution in [0, 0.1) is 5.92 Å². The van der Waals surface area contributed by atoms with E-state index < -0.39 is 11.8 Å². The Balaban J connectivity index is 1.28. The van der Waals surface area contributed by atoms with Crippen LogP contribution in [0.5, 0.6) is 0 Å². The number of allylic oxidation sites excluding steroid dienone is 2. The first-order valence-corrected chi connectivity index (χ1v) is 14.4. The molecule has 0 bridgehead atoms. The fourth-order valence-electron chi connectivity index (χ4n) is 6.75. The number of amides is 1. The van der Waals surface area contributed by atoms with Gasteiger partial charge < -0.3 is 19.0 Å². The molecule has 3 heterocycles. The number of hydrogen-bond acceptors (Lipinski definition) is 6. The van der Waals surface area contributed by atoms with Crippen molar-refractivity contribution in [3.63, 3.8) is 0 Å². The number of nitrogens with zero attached hydrogens (tertiary/aromatic N) is 3. The molecule has 2 aliphatic heterocycles. The molecule has 3 aromatic rings. The van der Waals surface area contributed by atoms with Crippen LogP contribution in [0.3, 0.4) is 0 Å². The number of furan rings is 1. The summed E-state index contributed by atoms with van der Waals surface area (Å²) in [7, 11) is 1.38. The Bertz CT molecular complexity index is 1330. The minimum Gasteiger partial charge on any atom is -0.472 e. The maximum Gasteiger partial charge on any atom is 0.315 e. The Labute approximate surface area is 242 Å². The molecule has 0 N–H and O–H groups in total. The van der Waals surface area contributed by atoms with Crippen molar-refractivity contribution in [2.75, 3.05) is 33.3 Å². The van der Waals surface area contributed by atoms with Crippen LogP contribution in [0.15, 0.2) is 100 Å². The fourth-order valence-corrected chi connectivity index (χ4v) is 6.75. The van der Waals surface area contributed by atoms with Gasteiger partial charge in [-0.25, -0.2) is 0 Å². The molecule has 7 heteroatoms. The van der Waals surface area contributed by atoms with Crippen LogP contribution in [0.25, 0.3) is 0 Å². The summed E-state index contributed by atoms with van der Waals surface area (Å²) in [6.07, 6.45) is 6.98. The number of carbonyl (C=O) groups is 2. The maximum atomic E-state index is 12.9. The van der Waals surface area contributed by atoms with E-state index in [9.17, 15) is 9.59 Å². The number of likely N-dealkylation sites (tertiary alicyclic amines) is 1. The Kier molecular flexibility index (Phi) is 8.84. The molecule has 2 aromatic carbocycles. The highest BCUT2D eigenvalue weighted by atomic mass is 16.5. The summed E-state index contributed by atoms with van der Waals surface area (Å²) in [4.78, 5) is 34.2. The first-order valence-electron chi connectivity index (χ1n) is 14.4. The molecule has 0 aliphatic carbocycles. The summed E-state index contributed by atoms with van der Waals surface area (Å²) in [5.41, 5.74) is 5.71. The smallest absolute Gasteiger partial charge is 0.315 e. The van der Waals surface area contributed by atoms with Gasteiger partial charge in [-0.1, -0.05) is 60.7 Å². The summed E-state index contributed by atoms with van der Waals surface area (Å²) in [5.74, 6) is -1.40. The molecular weight excluding hydrogens is 514 g/mol. The number of aliphatic imine (C=N–C) groups is 1. The van der Waals surface area contributed by atoms with Crippen molar-refractivity contribution < 1.29 is 18.7 Å². The lowest BCUT2D eigenvalue weighted by Crippen LogP contribution is -2.44. The molecule has 1 amide bonds. The van der Waals surface area contributed by atoms with Gasteiger partial charge in [-0.15, -0.1) is 0 Å². The summed E-state index contributed by atoms with van der Waals surface area (Å²) >= 11 is 0. The number of ether oxygens (including phenoxy) is 1. The highest BCUT2D eigenvalue weighted by Crippen LogP contribution is 2.43. The zero-order chi connectivity index (χ0) is 28.8. The zero-order valence-corrected chi connectivity index (χ0v) is 24.2. The average molecular weight is 554 g/mol. The summed E-state index contributed by atoms with van der Waals surface area (Å²) < 4.78 is 10.5. The molecule has 214 valence electrons. The molecule has 41 heavy (non-hydrogen) atoms. The van der Waals surface area contributed by atoms with E-state index >= 15 is 0 Å². The largest absolute Gasteiger partial charge is 0.472 e. The molecule has 0 saturated carbocycles. The number of methoxy groups -OCH3 is 1. The van der Waals surface area contributed by atoms with Gasteiger partial charge >= 0.3 is 5.97 Å². The first kappa shape index (κ1) is 28.6. The van der Waals surface area contributed by atoms with E-state index in [2.05, 4.69) is 70.6 Å². The monoisotopic (exact) mass is 553 g/mol. The van der Waals surface area contributed by atoms with E-state index in [1.54, 1.807) is 17.4 Å². The Morgan fingerprint density at radius 1 is 1.05 bits per heavy atom. The van der Waals surface area contributed by atoms with Crippen LogP contribution in [0.1, 0.15) is 55.7 Å². The topological polar surface area (TPSA) is 75.3 Å². The Morgan fingerprint density at radius 2 is 1.68 bits per heavy atom. The third-order valence-corrected chi connectivity index (χ3v) is 8.82. The van der Waals surface area contributed by atoms with E-state index in [-0.39, 0.29) is 11.4 Å². The van der Waals surface area contributed by atoms with Gasteiger partial charge in [0.15, 0.2) is 0 Å². The standard InChI is InChI=1S/C34H39N3O4/c1-25-30(33(39)40-3)31(27-15-22-41-23-27)32(26(2)35-25)37(24-38)19-10-18-36-20-16-34(17-21-36,28-11-6-4-7-12-28)29-13-8-5-9-14-29/h4-9,11-15,22-24,30-31H,10,16-21H2,1-3H3. The highest BCUT2D eigenvalue weighted by molar-refractivity contribution is 6.03. The normalized spacial score (nSPS) is 20.8. The molecule has 2 unspecified atom stereocenters. The van der Waals surface area contributed by atoms with E-state index in [1.165, 1.54) is 18.2 Å². The van der Waals surface area contributed by atoms with Crippen LogP contribution in [0.4, 0.5) is 0 Å². The van der Waals surface area contributed by atoms with Gasteiger partial charge in [-0.2, -0.15) is 0 Å². The van der Waals surface area contributed by atoms with Gasteiger partial charge in [0.1, 0.15) is 5.92 Å². The van der Waals surface area contributed by atoms with Crippen LogP contribution in [-0.4, -0.2) is 61.2 Å². The number of piperidine rings is 1. The SMILES string of the molecule is COC(=O)C1C(C)=NC(C)=C(N(C=O)CCCN2CCC(c3ccccc3)(c3ccccc3)CC2)C1c1ccoc1. The van der Waals surface area contributed by atoms with Crippen molar-refractivity contribution in [1.29, 1.82) is 0 Å². The van der Waals surface area contributed by atoms with Gasteiger partial charge in [-0.3, -0.25) is 14.6 Å². The molecule has 7 nitrogen and oxygen atoms in total. The number of esters is 1. The van der Waals surface area contributed by atoms with E-state index in [0.717, 1.165) is 62.3 Å². The molecule has 1 saturated heterocycles. The second-order valence-corrected chi connectivity index (χ2v) is 11.1.